The lowest BCUT2D eigenvalue weighted by Crippen LogP contribution is -2.39. The van der Waals surface area contributed by atoms with Crippen LogP contribution in [0, 0.1) is 24.7 Å². The zero-order valence-electron chi connectivity index (χ0n) is 14.9. The molecule has 6 heteroatoms. The molecule has 23 heavy (non-hydrogen) atoms. The average Bonchev–Trinajstić information content (AvgIpc) is 2.43. The molecule has 128 valence electrons. The van der Waals surface area contributed by atoms with Gasteiger partial charge < -0.3 is 15.5 Å². The topological polar surface area (TPSA) is 53.1 Å². The lowest BCUT2D eigenvalue weighted by atomic mass is 9.92. The van der Waals surface area contributed by atoms with Crippen LogP contribution >= 0.6 is 12.2 Å². The van der Waals surface area contributed by atoms with Crippen LogP contribution in [0.1, 0.15) is 39.8 Å². The maximum Gasteiger partial charge on any atom is 0.231 e. The van der Waals surface area contributed by atoms with E-state index in [1.807, 2.05) is 6.92 Å². The minimum absolute atomic E-state index is 0.542. The highest BCUT2D eigenvalue weighted by atomic mass is 32.1. The van der Waals surface area contributed by atoms with Crippen LogP contribution in [0.15, 0.2) is 6.07 Å². The first kappa shape index (κ1) is 17.9. The van der Waals surface area contributed by atoms with Crippen molar-refractivity contribution >= 4 is 29.1 Å². The van der Waals surface area contributed by atoms with Crippen LogP contribution < -0.4 is 15.5 Å². The summed E-state index contributed by atoms with van der Waals surface area (Å²) >= 11 is 5.32. The third-order valence-corrected chi connectivity index (χ3v) is 4.18. The number of aryl methyl sites for hydroxylation is 1. The van der Waals surface area contributed by atoms with E-state index in [0.717, 1.165) is 31.1 Å². The largest absolute Gasteiger partial charge is 0.362 e. The van der Waals surface area contributed by atoms with Crippen LogP contribution in [0.4, 0.5) is 11.8 Å². The van der Waals surface area contributed by atoms with E-state index in [-0.39, 0.29) is 0 Å². The van der Waals surface area contributed by atoms with Gasteiger partial charge in [0.2, 0.25) is 5.95 Å². The fourth-order valence-corrected chi connectivity index (χ4v) is 3.24. The fraction of sp³-hybridized carbons (Fsp3) is 0.706. The highest BCUT2D eigenvalue weighted by Crippen LogP contribution is 2.25. The summed E-state index contributed by atoms with van der Waals surface area (Å²) < 4.78 is 0. The quantitative estimate of drug-likeness (QED) is 0.824. The summed E-state index contributed by atoms with van der Waals surface area (Å²) in [5.41, 5.74) is 0.954. The van der Waals surface area contributed by atoms with E-state index in [0.29, 0.717) is 28.8 Å². The molecule has 1 aliphatic rings. The van der Waals surface area contributed by atoms with Gasteiger partial charge in [-0.05, 0) is 43.3 Å². The Balaban J connectivity index is 2.08. The van der Waals surface area contributed by atoms with Gasteiger partial charge in [-0.25, -0.2) is 4.98 Å². The Morgan fingerprint density at radius 3 is 2.57 bits per heavy atom. The van der Waals surface area contributed by atoms with Gasteiger partial charge in [0.15, 0.2) is 5.11 Å². The molecule has 2 N–H and O–H groups in total. The van der Waals surface area contributed by atoms with Crippen molar-refractivity contribution in [1.29, 1.82) is 0 Å². The van der Waals surface area contributed by atoms with E-state index in [2.05, 4.69) is 59.3 Å². The normalized spacial score (nSPS) is 21.4. The van der Waals surface area contributed by atoms with E-state index in [9.17, 15) is 0 Å². The predicted octanol–water partition coefficient (Wildman–Crippen LogP) is 3.21. The fourth-order valence-electron chi connectivity index (χ4n) is 3.06. The van der Waals surface area contributed by atoms with Crippen molar-refractivity contribution in [2.75, 3.05) is 29.9 Å². The van der Waals surface area contributed by atoms with Gasteiger partial charge >= 0.3 is 0 Å². The Morgan fingerprint density at radius 2 is 1.96 bits per heavy atom. The molecule has 2 rings (SSSR count). The molecule has 1 aromatic rings. The number of nitrogens with one attached hydrogen (secondary N) is 2. The van der Waals surface area contributed by atoms with Crippen LogP contribution in [-0.4, -0.2) is 34.7 Å². The zero-order valence-corrected chi connectivity index (χ0v) is 15.7. The number of thiocarbonyl (C=S) groups is 1. The van der Waals surface area contributed by atoms with Crippen molar-refractivity contribution < 1.29 is 0 Å². The molecule has 0 bridgehead atoms. The van der Waals surface area contributed by atoms with Crippen molar-refractivity contribution in [3.8, 4) is 0 Å². The summed E-state index contributed by atoms with van der Waals surface area (Å²) in [5.74, 6) is 3.50. The standard InChI is InChI=1S/C17H29N5S/c1-11(2)8-18-17(23)21-16-19-14(5)7-15(20-16)22-9-12(3)6-13(4)10-22/h7,11-13H,6,8-10H2,1-5H3,(H2,18,19,20,21,23)/t12-,13+. The molecule has 1 aliphatic heterocycles. The van der Waals surface area contributed by atoms with Gasteiger partial charge in [0.25, 0.3) is 0 Å². The average molecular weight is 336 g/mol. The minimum Gasteiger partial charge on any atom is -0.362 e. The second kappa shape index (κ2) is 7.90. The second-order valence-electron chi connectivity index (χ2n) is 7.27. The van der Waals surface area contributed by atoms with Crippen molar-refractivity contribution in [2.45, 2.75) is 41.0 Å². The van der Waals surface area contributed by atoms with Gasteiger partial charge in [-0.15, -0.1) is 0 Å². The highest BCUT2D eigenvalue weighted by Gasteiger charge is 2.23. The van der Waals surface area contributed by atoms with Gasteiger partial charge in [0, 0.05) is 31.4 Å². The zero-order chi connectivity index (χ0) is 17.0. The van der Waals surface area contributed by atoms with Crippen LogP contribution in [0.5, 0.6) is 0 Å². The smallest absolute Gasteiger partial charge is 0.231 e. The van der Waals surface area contributed by atoms with Crippen molar-refractivity contribution in [3.05, 3.63) is 11.8 Å². The van der Waals surface area contributed by atoms with Crippen molar-refractivity contribution in [2.24, 2.45) is 17.8 Å². The molecule has 2 atom stereocenters. The first-order valence-corrected chi connectivity index (χ1v) is 8.89. The first-order chi connectivity index (χ1) is 10.8. The second-order valence-corrected chi connectivity index (χ2v) is 7.68. The van der Waals surface area contributed by atoms with Crippen molar-refractivity contribution in [3.63, 3.8) is 0 Å². The Morgan fingerprint density at radius 1 is 1.30 bits per heavy atom. The molecule has 5 nitrogen and oxygen atoms in total. The van der Waals surface area contributed by atoms with Gasteiger partial charge in [0.1, 0.15) is 5.82 Å². The molecular weight excluding hydrogens is 306 g/mol. The Hall–Kier alpha value is -1.43. The molecule has 0 aromatic carbocycles. The monoisotopic (exact) mass is 335 g/mol. The summed E-state index contributed by atoms with van der Waals surface area (Å²) in [7, 11) is 0. The predicted molar refractivity (Wildman–Crippen MR) is 101 cm³/mol. The van der Waals surface area contributed by atoms with Gasteiger partial charge in [-0.2, -0.15) is 4.98 Å². The molecule has 0 amide bonds. The maximum absolute atomic E-state index is 5.32. The number of hydrogen-bond donors (Lipinski definition) is 2. The van der Waals surface area contributed by atoms with Crippen LogP contribution in [0.3, 0.4) is 0 Å². The van der Waals surface area contributed by atoms with Gasteiger partial charge in [0.05, 0.1) is 0 Å². The molecule has 0 spiro atoms. The first-order valence-electron chi connectivity index (χ1n) is 8.49. The van der Waals surface area contributed by atoms with E-state index in [4.69, 9.17) is 12.2 Å². The number of anilines is 2. The summed E-state index contributed by atoms with van der Waals surface area (Å²) in [6.45, 7) is 13.8. The van der Waals surface area contributed by atoms with E-state index in [1.165, 1.54) is 6.42 Å². The summed E-state index contributed by atoms with van der Waals surface area (Å²) in [4.78, 5) is 11.5. The van der Waals surface area contributed by atoms with E-state index in [1.54, 1.807) is 0 Å². The number of rotatable bonds is 4. The van der Waals surface area contributed by atoms with Crippen LogP contribution in [0.2, 0.25) is 0 Å². The van der Waals surface area contributed by atoms with Gasteiger partial charge in [-0.1, -0.05) is 27.7 Å². The summed E-state index contributed by atoms with van der Waals surface area (Å²) in [6, 6.07) is 2.06. The third kappa shape index (κ3) is 5.61. The minimum atomic E-state index is 0.542. The van der Waals surface area contributed by atoms with Gasteiger partial charge in [-0.3, -0.25) is 0 Å². The molecule has 0 radical (unpaired) electrons. The number of aromatic nitrogens is 2. The number of nitrogens with zero attached hydrogens (tertiary/aromatic N) is 3. The third-order valence-electron chi connectivity index (χ3n) is 3.93. The molecule has 2 heterocycles. The summed E-state index contributed by atoms with van der Waals surface area (Å²) in [6.07, 6.45) is 1.29. The molecule has 0 saturated carbocycles. The number of hydrogen-bond acceptors (Lipinski definition) is 4. The molecular formula is C17H29N5S. The maximum atomic E-state index is 5.32. The van der Waals surface area contributed by atoms with Crippen LogP contribution in [0.25, 0.3) is 0 Å². The van der Waals surface area contributed by atoms with Crippen LogP contribution in [-0.2, 0) is 0 Å². The molecule has 1 fully saturated rings. The molecule has 1 saturated heterocycles. The van der Waals surface area contributed by atoms with Crippen molar-refractivity contribution in [1.82, 2.24) is 15.3 Å². The van der Waals surface area contributed by atoms with E-state index < -0.39 is 0 Å². The lowest BCUT2D eigenvalue weighted by Gasteiger charge is -2.36. The molecule has 1 aromatic heterocycles. The molecule has 0 aliphatic carbocycles. The SMILES string of the molecule is Cc1cc(N2C[C@H](C)C[C@H](C)C2)nc(NC(=S)NCC(C)C)n1. The molecule has 0 unspecified atom stereocenters. The summed E-state index contributed by atoms with van der Waals surface area (Å²) in [5, 5.41) is 6.88. The van der Waals surface area contributed by atoms with E-state index >= 15 is 0 Å². The Bertz CT molecular complexity index is 536. The Kier molecular flexibility index (Phi) is 6.16. The number of piperidine rings is 1. The lowest BCUT2D eigenvalue weighted by molar-refractivity contribution is 0.355. The Labute approximate surface area is 145 Å². The highest BCUT2D eigenvalue weighted by molar-refractivity contribution is 7.80.